The zero-order chi connectivity index (χ0) is 26.7. The van der Waals surface area contributed by atoms with Crippen molar-refractivity contribution in [3.05, 3.63) is 70.9 Å². The number of alkyl halides is 6. The van der Waals surface area contributed by atoms with Gasteiger partial charge in [-0.25, -0.2) is 4.98 Å². The Balaban J connectivity index is 1.96. The Bertz CT molecular complexity index is 1220. The number of rotatable bonds is 7. The topological polar surface area (TPSA) is 64.5 Å². The maximum absolute atomic E-state index is 13.2. The second-order valence-corrected chi connectivity index (χ2v) is 8.18. The molecule has 1 heterocycles. The summed E-state index contributed by atoms with van der Waals surface area (Å²) in [6.45, 7) is -0.551. The van der Waals surface area contributed by atoms with Crippen molar-refractivity contribution in [1.29, 1.82) is 0 Å². The lowest BCUT2D eigenvalue weighted by molar-refractivity contribution is -0.143. The quantitative estimate of drug-likeness (QED) is 0.202. The van der Waals surface area contributed by atoms with E-state index in [0.29, 0.717) is 17.9 Å². The fourth-order valence-electron chi connectivity index (χ4n) is 3.14. The van der Waals surface area contributed by atoms with E-state index in [1.54, 1.807) is 30.5 Å². The number of amides is 1. The minimum absolute atomic E-state index is 0.0273. The van der Waals surface area contributed by atoms with Crippen molar-refractivity contribution < 1.29 is 40.6 Å². The number of halogens is 6. The summed E-state index contributed by atoms with van der Waals surface area (Å²) >= 11 is 1.17. The molecular weight excluding hydrogens is 512 g/mol. The van der Waals surface area contributed by atoms with Crippen molar-refractivity contribution in [2.45, 2.75) is 24.1 Å². The Morgan fingerprint density at radius 1 is 1.00 bits per heavy atom. The first kappa shape index (κ1) is 27.1. The molecule has 6 nitrogen and oxygen atoms in total. The average molecular weight is 531 g/mol. The van der Waals surface area contributed by atoms with Crippen molar-refractivity contribution in [2.24, 2.45) is 0 Å². The van der Waals surface area contributed by atoms with Gasteiger partial charge in [-0.2, -0.15) is 31.3 Å². The van der Waals surface area contributed by atoms with Gasteiger partial charge in [0, 0.05) is 19.8 Å². The monoisotopic (exact) mass is 531 g/mol. The number of carbonyl (C=O) groups is 1. The van der Waals surface area contributed by atoms with Crippen molar-refractivity contribution in [3.8, 4) is 17.4 Å². The average Bonchev–Trinajstić information content (AvgIpc) is 2.82. The van der Waals surface area contributed by atoms with Gasteiger partial charge >= 0.3 is 12.4 Å². The maximum atomic E-state index is 13.2. The predicted molar refractivity (Wildman–Crippen MR) is 119 cm³/mol. The molecule has 0 atom stereocenters. The third kappa shape index (κ3) is 6.39. The van der Waals surface area contributed by atoms with E-state index in [0.717, 1.165) is 4.90 Å². The van der Waals surface area contributed by atoms with Crippen molar-refractivity contribution in [2.75, 3.05) is 20.4 Å². The highest BCUT2D eigenvalue weighted by Crippen LogP contribution is 2.37. The first-order chi connectivity index (χ1) is 16.8. The third-order valence-electron chi connectivity index (χ3n) is 4.83. The third-order valence-corrected chi connectivity index (χ3v) is 5.40. The van der Waals surface area contributed by atoms with Gasteiger partial charge in [-0.05, 0) is 42.2 Å². The number of thioether (sulfide) groups is 1. The van der Waals surface area contributed by atoms with Crippen LogP contribution in [0.25, 0.3) is 0 Å². The van der Waals surface area contributed by atoms with Crippen LogP contribution in [0.2, 0.25) is 0 Å². The summed E-state index contributed by atoms with van der Waals surface area (Å²) in [4.78, 5) is 22.3. The van der Waals surface area contributed by atoms with Crippen LogP contribution in [0.5, 0.6) is 17.4 Å². The number of aromatic nitrogens is 2. The van der Waals surface area contributed by atoms with Gasteiger partial charge in [0.1, 0.15) is 5.56 Å². The van der Waals surface area contributed by atoms with Crippen LogP contribution in [-0.4, -0.2) is 41.2 Å². The largest absolute Gasteiger partial charge is 0.493 e. The molecule has 0 saturated carbocycles. The molecule has 36 heavy (non-hydrogen) atoms. The number of para-hydroxylation sites is 2. The SMILES string of the molecule is COc1ccccc1Oc1nc(SC)ncc1C(=O)N(C)Cc1cc(C(F)(F)F)cc(C(F)(F)F)c1. The Hall–Kier alpha value is -3.48. The van der Waals surface area contributed by atoms with Crippen LogP contribution in [0.4, 0.5) is 26.3 Å². The van der Waals surface area contributed by atoms with E-state index in [1.165, 1.54) is 32.1 Å². The summed E-state index contributed by atoms with van der Waals surface area (Å²) in [7, 11) is 2.64. The summed E-state index contributed by atoms with van der Waals surface area (Å²) in [5.74, 6) is -0.360. The molecule has 0 spiro atoms. The minimum Gasteiger partial charge on any atom is -0.493 e. The molecule has 0 N–H and O–H groups in total. The van der Waals surface area contributed by atoms with Gasteiger partial charge in [0.15, 0.2) is 16.7 Å². The van der Waals surface area contributed by atoms with Crippen molar-refractivity contribution in [1.82, 2.24) is 14.9 Å². The van der Waals surface area contributed by atoms with Crippen molar-refractivity contribution >= 4 is 17.7 Å². The van der Waals surface area contributed by atoms with Crippen LogP contribution >= 0.6 is 11.8 Å². The molecule has 1 amide bonds. The highest BCUT2D eigenvalue weighted by Gasteiger charge is 2.37. The summed E-state index contributed by atoms with van der Waals surface area (Å²) in [5, 5.41) is 0.270. The Labute approximate surface area is 206 Å². The smallest absolute Gasteiger partial charge is 0.416 e. The Kier molecular flexibility index (Phi) is 8.02. The molecule has 0 bridgehead atoms. The molecule has 0 fully saturated rings. The lowest BCUT2D eigenvalue weighted by atomic mass is 10.0. The molecule has 1 aromatic heterocycles. The number of methoxy groups -OCH3 is 1. The Morgan fingerprint density at radius 2 is 1.58 bits per heavy atom. The molecule has 0 aliphatic carbocycles. The molecule has 0 aliphatic heterocycles. The maximum Gasteiger partial charge on any atom is 0.416 e. The highest BCUT2D eigenvalue weighted by atomic mass is 32.2. The number of ether oxygens (including phenoxy) is 2. The van der Waals surface area contributed by atoms with Gasteiger partial charge in [0.2, 0.25) is 5.88 Å². The number of carbonyl (C=O) groups excluding carboxylic acids is 1. The normalized spacial score (nSPS) is 11.8. The molecule has 13 heteroatoms. The van der Waals surface area contributed by atoms with Crippen LogP contribution in [0.3, 0.4) is 0 Å². The number of hydrogen-bond donors (Lipinski definition) is 0. The summed E-state index contributed by atoms with van der Waals surface area (Å²) in [6, 6.07) is 7.71. The Morgan fingerprint density at radius 3 is 2.11 bits per heavy atom. The number of benzene rings is 2. The molecule has 192 valence electrons. The zero-order valence-corrected chi connectivity index (χ0v) is 19.9. The summed E-state index contributed by atoms with van der Waals surface area (Å²) < 4.78 is 90.2. The number of hydrogen-bond acceptors (Lipinski definition) is 6. The molecule has 0 unspecified atom stereocenters. The molecule has 3 rings (SSSR count). The van der Waals surface area contributed by atoms with E-state index in [-0.39, 0.29) is 34.0 Å². The fraction of sp³-hybridized carbons (Fsp3) is 0.261. The van der Waals surface area contributed by atoms with Gasteiger partial charge in [0.05, 0.1) is 18.2 Å². The summed E-state index contributed by atoms with van der Waals surface area (Å²) in [5.41, 5.74) is -3.45. The standard InChI is InChI=1S/C23H19F6N3O3S/c1-32(12-13-8-14(22(24,25)26)10-15(9-13)23(27,28)29)20(33)16-11-30-21(36-3)31-19(16)35-18-7-5-4-6-17(18)34-2/h4-11H,12H2,1-3H3. The molecule has 2 aromatic carbocycles. The first-order valence-electron chi connectivity index (χ1n) is 10.1. The summed E-state index contributed by atoms with van der Waals surface area (Å²) in [6.07, 6.45) is -7.14. The van der Waals surface area contributed by atoms with Crippen LogP contribution in [-0.2, 0) is 18.9 Å². The number of nitrogens with zero attached hydrogens (tertiary/aromatic N) is 3. The van der Waals surface area contributed by atoms with Crippen LogP contribution in [0.1, 0.15) is 27.0 Å². The lowest BCUT2D eigenvalue weighted by Gasteiger charge is -2.21. The predicted octanol–water partition coefficient (Wildman–Crippen LogP) is 6.31. The van der Waals surface area contributed by atoms with E-state index < -0.39 is 35.9 Å². The second kappa shape index (κ2) is 10.6. The van der Waals surface area contributed by atoms with Gasteiger partial charge in [0.25, 0.3) is 5.91 Å². The van der Waals surface area contributed by atoms with Crippen LogP contribution in [0.15, 0.2) is 53.8 Å². The van der Waals surface area contributed by atoms with Crippen LogP contribution in [0, 0.1) is 0 Å². The molecule has 0 radical (unpaired) electrons. The van der Waals surface area contributed by atoms with E-state index >= 15 is 0 Å². The van der Waals surface area contributed by atoms with Gasteiger partial charge in [-0.1, -0.05) is 23.9 Å². The molecule has 3 aromatic rings. The van der Waals surface area contributed by atoms with E-state index in [4.69, 9.17) is 9.47 Å². The molecule has 0 saturated heterocycles. The van der Waals surface area contributed by atoms with Crippen LogP contribution < -0.4 is 9.47 Å². The zero-order valence-electron chi connectivity index (χ0n) is 19.1. The van der Waals surface area contributed by atoms with E-state index in [1.807, 2.05) is 0 Å². The fourth-order valence-corrected chi connectivity index (χ4v) is 3.48. The van der Waals surface area contributed by atoms with E-state index in [2.05, 4.69) is 9.97 Å². The lowest BCUT2D eigenvalue weighted by Crippen LogP contribution is -2.27. The second-order valence-electron chi connectivity index (χ2n) is 7.40. The first-order valence-corrected chi connectivity index (χ1v) is 11.3. The minimum atomic E-state index is -5.00. The van der Waals surface area contributed by atoms with E-state index in [9.17, 15) is 31.1 Å². The highest BCUT2D eigenvalue weighted by molar-refractivity contribution is 7.98. The molecule has 0 aliphatic rings. The van der Waals surface area contributed by atoms with Gasteiger partial charge in [-0.15, -0.1) is 0 Å². The molecular formula is C23H19F6N3O3S. The van der Waals surface area contributed by atoms with Gasteiger partial charge < -0.3 is 14.4 Å². The van der Waals surface area contributed by atoms with Crippen molar-refractivity contribution in [3.63, 3.8) is 0 Å². The van der Waals surface area contributed by atoms with Gasteiger partial charge in [-0.3, -0.25) is 4.79 Å².